The van der Waals surface area contributed by atoms with Gasteiger partial charge in [0.15, 0.2) is 0 Å². The standard InChI is InChI=1S/C12H9N3.2F6P.Ru/c13-10-6-5-9-4-3-8-2-1-7-14-11(8)12(9)15-10;2*1-7(2,3,4,5)6;/h1-7H,(H2,13,15);;;/q;2*-1;+2. The summed E-state index contributed by atoms with van der Waals surface area (Å²) < 4.78 is 118. The van der Waals surface area contributed by atoms with Gasteiger partial charge in [0.1, 0.15) is 5.82 Å². The molecule has 0 saturated heterocycles. The number of anilines is 1. The SMILES string of the molecule is F[P-](F)(F)(F)(F)F.F[P-](F)(F)(F)(F)F.Nc1ccc2ccc3cccnc3c2n1.[Ru+2]. The maximum Gasteiger partial charge on any atom is 2.00 e. The molecule has 30 heavy (non-hydrogen) atoms. The van der Waals surface area contributed by atoms with Gasteiger partial charge in [-0.15, -0.1) is 0 Å². The Hall–Kier alpha value is -1.52. The topological polar surface area (TPSA) is 51.8 Å². The zero-order valence-electron chi connectivity index (χ0n) is 13.8. The van der Waals surface area contributed by atoms with Crippen LogP contribution < -0.4 is 5.73 Å². The van der Waals surface area contributed by atoms with Crippen molar-refractivity contribution in [3.8, 4) is 0 Å². The van der Waals surface area contributed by atoms with E-state index in [0.717, 1.165) is 21.8 Å². The molecular weight excluding hydrogens is 577 g/mol. The van der Waals surface area contributed by atoms with Gasteiger partial charge in [0.05, 0.1) is 11.0 Å². The van der Waals surface area contributed by atoms with Crippen molar-refractivity contribution in [1.82, 2.24) is 9.97 Å². The fraction of sp³-hybridized carbons (Fsp3) is 0. The molecule has 0 spiro atoms. The third-order valence-corrected chi connectivity index (χ3v) is 2.45. The molecular formula is C12H9F12N3P2Ru. The van der Waals surface area contributed by atoms with Gasteiger partial charge in [-0.3, -0.25) is 4.98 Å². The number of halogens is 12. The Morgan fingerprint density at radius 2 is 0.967 bits per heavy atom. The summed E-state index contributed by atoms with van der Waals surface area (Å²) in [5.41, 5.74) is 7.45. The van der Waals surface area contributed by atoms with Gasteiger partial charge >= 0.3 is 85.5 Å². The molecule has 3 rings (SSSR count). The minimum atomic E-state index is -10.7. The third-order valence-electron chi connectivity index (χ3n) is 2.45. The van der Waals surface area contributed by atoms with Crippen LogP contribution in [0.5, 0.6) is 0 Å². The maximum absolute atomic E-state index is 10.7. The molecule has 0 unspecified atom stereocenters. The predicted molar refractivity (Wildman–Crippen MR) is 88.6 cm³/mol. The van der Waals surface area contributed by atoms with E-state index >= 15 is 0 Å². The molecule has 0 saturated carbocycles. The van der Waals surface area contributed by atoms with E-state index in [1.165, 1.54) is 0 Å². The van der Waals surface area contributed by atoms with E-state index in [9.17, 15) is 50.4 Å². The van der Waals surface area contributed by atoms with Crippen molar-refractivity contribution in [2.75, 3.05) is 5.73 Å². The Morgan fingerprint density at radius 1 is 0.600 bits per heavy atom. The number of fused-ring (bicyclic) bond motifs is 3. The zero-order chi connectivity index (χ0) is 23.1. The first-order chi connectivity index (χ1) is 12.2. The smallest absolute Gasteiger partial charge is 0.384 e. The summed E-state index contributed by atoms with van der Waals surface area (Å²) in [4.78, 5) is 8.65. The Bertz CT molecular complexity index is 1000. The molecule has 0 bridgehead atoms. The van der Waals surface area contributed by atoms with Gasteiger partial charge in [0.2, 0.25) is 0 Å². The van der Waals surface area contributed by atoms with Crippen LogP contribution in [0.1, 0.15) is 0 Å². The minimum Gasteiger partial charge on any atom is -0.384 e. The van der Waals surface area contributed by atoms with Crippen LogP contribution in [0.4, 0.5) is 56.2 Å². The molecule has 0 radical (unpaired) electrons. The molecule has 0 amide bonds. The van der Waals surface area contributed by atoms with Gasteiger partial charge in [-0.2, -0.15) is 0 Å². The van der Waals surface area contributed by atoms with Gasteiger partial charge in [0.25, 0.3) is 0 Å². The van der Waals surface area contributed by atoms with Crippen LogP contribution in [0.3, 0.4) is 0 Å². The Morgan fingerprint density at radius 3 is 1.40 bits per heavy atom. The Kier molecular flexibility index (Phi) is 6.64. The average molecular weight is 586 g/mol. The van der Waals surface area contributed by atoms with Crippen LogP contribution >= 0.6 is 15.6 Å². The number of pyridine rings is 2. The van der Waals surface area contributed by atoms with E-state index < -0.39 is 15.6 Å². The number of nitrogens with two attached hydrogens (primary N) is 1. The van der Waals surface area contributed by atoms with E-state index in [1.54, 1.807) is 12.3 Å². The van der Waals surface area contributed by atoms with Crippen LogP contribution in [-0.2, 0) is 19.5 Å². The fourth-order valence-corrected chi connectivity index (χ4v) is 1.74. The van der Waals surface area contributed by atoms with Crippen molar-refractivity contribution in [2.24, 2.45) is 0 Å². The van der Waals surface area contributed by atoms with E-state index in [-0.39, 0.29) is 19.5 Å². The first-order valence-electron chi connectivity index (χ1n) is 6.77. The minimum absolute atomic E-state index is 0. The normalized spacial score (nSPS) is 16.3. The molecule has 174 valence electrons. The Balaban J connectivity index is 0.000000480. The second-order valence-corrected chi connectivity index (χ2v) is 9.20. The van der Waals surface area contributed by atoms with Gasteiger partial charge in [-0.25, -0.2) is 4.98 Å². The second-order valence-electron chi connectivity index (χ2n) is 5.37. The Labute approximate surface area is 171 Å². The summed E-state index contributed by atoms with van der Waals surface area (Å²) in [6.45, 7) is 0. The maximum atomic E-state index is 9.87. The van der Waals surface area contributed by atoms with E-state index in [2.05, 4.69) is 9.97 Å². The number of aromatic nitrogens is 2. The molecule has 2 aromatic heterocycles. The van der Waals surface area contributed by atoms with Crippen molar-refractivity contribution in [2.45, 2.75) is 0 Å². The fourth-order valence-electron chi connectivity index (χ4n) is 1.74. The van der Waals surface area contributed by atoms with Crippen molar-refractivity contribution in [1.29, 1.82) is 0 Å². The summed E-state index contributed by atoms with van der Waals surface area (Å²) in [6, 6.07) is 11.8. The zero-order valence-corrected chi connectivity index (χ0v) is 17.3. The number of rotatable bonds is 0. The van der Waals surface area contributed by atoms with Crippen LogP contribution in [0.15, 0.2) is 42.6 Å². The van der Waals surface area contributed by atoms with Crippen molar-refractivity contribution >= 4 is 43.2 Å². The largest absolute Gasteiger partial charge is 2.00 e. The van der Waals surface area contributed by atoms with Crippen LogP contribution in [0.25, 0.3) is 21.8 Å². The van der Waals surface area contributed by atoms with Crippen LogP contribution in [0, 0.1) is 0 Å². The van der Waals surface area contributed by atoms with E-state index in [4.69, 9.17) is 5.73 Å². The molecule has 0 atom stereocenters. The quantitative estimate of drug-likeness (QED) is 0.124. The second kappa shape index (κ2) is 7.00. The molecule has 0 fully saturated rings. The molecule has 3 aromatic rings. The number of nitrogens with zero attached hydrogens (tertiary/aromatic N) is 2. The third kappa shape index (κ3) is 17.4. The van der Waals surface area contributed by atoms with Crippen molar-refractivity contribution in [3.63, 3.8) is 0 Å². The first kappa shape index (κ1) is 28.5. The predicted octanol–water partition coefficient (Wildman–Crippen LogP) is 9.13. The number of benzene rings is 1. The summed E-state index contributed by atoms with van der Waals surface area (Å²) in [5, 5.41) is 2.15. The monoisotopic (exact) mass is 587 g/mol. The molecule has 2 heterocycles. The summed E-state index contributed by atoms with van der Waals surface area (Å²) >= 11 is 0. The molecule has 2 N–H and O–H groups in total. The van der Waals surface area contributed by atoms with Crippen LogP contribution in [-0.4, -0.2) is 9.97 Å². The first-order valence-corrected chi connectivity index (χ1v) is 10.8. The number of nitrogen functional groups attached to an aromatic ring is 1. The molecule has 1 aromatic carbocycles. The van der Waals surface area contributed by atoms with Gasteiger partial charge in [0, 0.05) is 17.0 Å². The van der Waals surface area contributed by atoms with Crippen LogP contribution in [0.2, 0.25) is 0 Å². The van der Waals surface area contributed by atoms with Gasteiger partial charge in [-0.05, 0) is 18.2 Å². The summed E-state index contributed by atoms with van der Waals surface area (Å²) in [7, 11) is -21.3. The molecule has 0 aliphatic heterocycles. The van der Waals surface area contributed by atoms with E-state index in [1.807, 2.05) is 30.3 Å². The molecule has 0 aliphatic rings. The molecule has 18 heteroatoms. The number of hydrogen-bond donors (Lipinski definition) is 1. The number of hydrogen-bond acceptors (Lipinski definition) is 3. The van der Waals surface area contributed by atoms with Gasteiger partial charge in [-0.1, -0.05) is 18.2 Å². The van der Waals surface area contributed by atoms with Crippen molar-refractivity contribution in [3.05, 3.63) is 42.6 Å². The average Bonchev–Trinajstić information content (AvgIpc) is 2.40. The summed E-state index contributed by atoms with van der Waals surface area (Å²) in [6.07, 6.45) is 1.77. The molecule has 0 aliphatic carbocycles. The molecule has 3 nitrogen and oxygen atoms in total. The van der Waals surface area contributed by atoms with Crippen molar-refractivity contribution < 1.29 is 69.8 Å². The van der Waals surface area contributed by atoms with E-state index in [0.29, 0.717) is 5.82 Å². The summed E-state index contributed by atoms with van der Waals surface area (Å²) in [5.74, 6) is 0.528. The van der Waals surface area contributed by atoms with Gasteiger partial charge < -0.3 is 5.73 Å².